The molecule has 7 heteroatoms. The zero-order valence-corrected chi connectivity index (χ0v) is 9.72. The predicted molar refractivity (Wildman–Crippen MR) is 60.6 cm³/mol. The first kappa shape index (κ1) is 12.0. The molecule has 1 aliphatic heterocycles. The summed E-state index contributed by atoms with van der Waals surface area (Å²) in [7, 11) is 1.66. The van der Waals surface area contributed by atoms with E-state index in [2.05, 4.69) is 10.4 Å². The Labute approximate surface area is 98.6 Å². The maximum atomic E-state index is 10.8. The molecule has 0 saturated carbocycles. The van der Waals surface area contributed by atoms with Crippen LogP contribution in [0.25, 0.3) is 0 Å². The number of hydrogen-bond donors (Lipinski definition) is 2. The van der Waals surface area contributed by atoms with E-state index in [1.807, 2.05) is 0 Å². The van der Waals surface area contributed by atoms with Crippen molar-refractivity contribution in [1.29, 1.82) is 0 Å². The summed E-state index contributed by atoms with van der Waals surface area (Å²) in [5.74, 6) is 0. The lowest BCUT2D eigenvalue weighted by atomic mass is 9.87. The lowest BCUT2D eigenvalue weighted by Crippen LogP contribution is -2.43. The van der Waals surface area contributed by atoms with Crippen molar-refractivity contribution in [2.75, 3.05) is 13.1 Å². The molecule has 0 atom stereocenters. The summed E-state index contributed by atoms with van der Waals surface area (Å²) in [6.45, 7) is 1.48. The Kier molecular flexibility index (Phi) is 3.12. The topological polar surface area (TPSA) is 93.2 Å². The molecule has 1 aromatic heterocycles. The Morgan fingerprint density at radius 2 is 2.29 bits per heavy atom. The van der Waals surface area contributed by atoms with Gasteiger partial charge in [0.1, 0.15) is 11.9 Å². The Bertz CT molecular complexity index is 423. The van der Waals surface area contributed by atoms with Crippen LogP contribution >= 0.6 is 0 Å². The minimum absolute atomic E-state index is 0.0144. The molecule has 17 heavy (non-hydrogen) atoms. The number of nitro groups is 1. The van der Waals surface area contributed by atoms with Gasteiger partial charge in [0.15, 0.2) is 0 Å². The van der Waals surface area contributed by atoms with Gasteiger partial charge in [0.2, 0.25) is 0 Å². The second-order valence-corrected chi connectivity index (χ2v) is 4.51. The summed E-state index contributed by atoms with van der Waals surface area (Å²) < 4.78 is 1.47. The van der Waals surface area contributed by atoms with Crippen LogP contribution in [-0.2, 0) is 13.5 Å². The SMILES string of the molecule is Cn1ncc([N+](=O)[O-])c1CC1(O)CCNCC1. The van der Waals surface area contributed by atoms with Gasteiger partial charge in [0.05, 0.1) is 10.5 Å². The van der Waals surface area contributed by atoms with Crippen molar-refractivity contribution in [2.45, 2.75) is 24.9 Å². The van der Waals surface area contributed by atoms with Crippen LogP contribution in [-0.4, -0.2) is 38.5 Å². The van der Waals surface area contributed by atoms with Crippen molar-refractivity contribution in [3.63, 3.8) is 0 Å². The third kappa shape index (κ3) is 2.45. The van der Waals surface area contributed by atoms with Crippen LogP contribution in [0.1, 0.15) is 18.5 Å². The van der Waals surface area contributed by atoms with Gasteiger partial charge in [-0.2, -0.15) is 5.10 Å². The smallest absolute Gasteiger partial charge is 0.310 e. The van der Waals surface area contributed by atoms with Crippen molar-refractivity contribution in [3.05, 3.63) is 22.0 Å². The molecule has 0 amide bonds. The average Bonchev–Trinajstić information content (AvgIpc) is 2.61. The first-order chi connectivity index (χ1) is 8.02. The number of aromatic nitrogens is 2. The number of piperidine rings is 1. The summed E-state index contributed by atoms with van der Waals surface area (Å²) in [6.07, 6.45) is 2.73. The summed E-state index contributed by atoms with van der Waals surface area (Å²) in [5, 5.41) is 28.2. The van der Waals surface area contributed by atoms with Crippen molar-refractivity contribution in [1.82, 2.24) is 15.1 Å². The van der Waals surface area contributed by atoms with Gasteiger partial charge in [0.25, 0.3) is 0 Å². The van der Waals surface area contributed by atoms with Crippen molar-refractivity contribution >= 4 is 5.69 Å². The highest BCUT2D eigenvalue weighted by molar-refractivity contribution is 5.34. The molecular formula is C10H16N4O3. The van der Waals surface area contributed by atoms with Gasteiger partial charge in [-0.3, -0.25) is 14.8 Å². The summed E-state index contributed by atoms with van der Waals surface area (Å²) in [4.78, 5) is 10.4. The van der Waals surface area contributed by atoms with E-state index in [9.17, 15) is 15.2 Å². The summed E-state index contributed by atoms with van der Waals surface area (Å²) >= 11 is 0. The minimum Gasteiger partial charge on any atom is -0.389 e. The van der Waals surface area contributed by atoms with Crippen LogP contribution in [0, 0.1) is 10.1 Å². The molecule has 2 rings (SSSR count). The van der Waals surface area contributed by atoms with Crippen LogP contribution in [0.5, 0.6) is 0 Å². The monoisotopic (exact) mass is 240 g/mol. The van der Waals surface area contributed by atoms with E-state index in [-0.39, 0.29) is 12.1 Å². The molecule has 2 N–H and O–H groups in total. The highest BCUT2D eigenvalue weighted by Crippen LogP contribution is 2.27. The van der Waals surface area contributed by atoms with E-state index in [0.29, 0.717) is 18.5 Å². The van der Waals surface area contributed by atoms with Gasteiger partial charge in [-0.05, 0) is 25.9 Å². The molecule has 7 nitrogen and oxygen atoms in total. The van der Waals surface area contributed by atoms with Gasteiger partial charge < -0.3 is 10.4 Å². The molecule has 1 aromatic rings. The standard InChI is InChI=1S/C10H16N4O3/c1-13-8(9(7-12-13)14(16)17)6-10(15)2-4-11-5-3-10/h7,11,15H,2-6H2,1H3. The maximum absolute atomic E-state index is 10.8. The second kappa shape index (κ2) is 4.42. The van der Waals surface area contributed by atoms with Gasteiger partial charge in [0, 0.05) is 13.5 Å². The van der Waals surface area contributed by atoms with Crippen molar-refractivity contribution in [2.24, 2.45) is 7.05 Å². The fourth-order valence-corrected chi connectivity index (χ4v) is 2.19. The van der Waals surface area contributed by atoms with E-state index in [1.54, 1.807) is 7.05 Å². The molecule has 1 fully saturated rings. The number of hydrogen-bond acceptors (Lipinski definition) is 5. The molecule has 2 heterocycles. The largest absolute Gasteiger partial charge is 0.389 e. The number of nitrogens with one attached hydrogen (secondary N) is 1. The molecule has 0 bridgehead atoms. The van der Waals surface area contributed by atoms with E-state index >= 15 is 0 Å². The van der Waals surface area contributed by atoms with Crippen LogP contribution < -0.4 is 5.32 Å². The van der Waals surface area contributed by atoms with E-state index in [0.717, 1.165) is 13.1 Å². The fraction of sp³-hybridized carbons (Fsp3) is 0.700. The first-order valence-electron chi connectivity index (χ1n) is 5.60. The van der Waals surface area contributed by atoms with Crippen LogP contribution in [0.2, 0.25) is 0 Å². The quantitative estimate of drug-likeness (QED) is 0.572. The number of aliphatic hydroxyl groups is 1. The zero-order valence-electron chi connectivity index (χ0n) is 9.72. The maximum Gasteiger partial charge on any atom is 0.310 e. The lowest BCUT2D eigenvalue weighted by Gasteiger charge is -2.32. The molecule has 0 aromatic carbocycles. The molecule has 1 saturated heterocycles. The molecule has 0 aliphatic carbocycles. The van der Waals surface area contributed by atoms with Gasteiger partial charge in [-0.25, -0.2) is 0 Å². The Morgan fingerprint density at radius 1 is 1.65 bits per heavy atom. The molecule has 1 aliphatic rings. The van der Waals surface area contributed by atoms with E-state index < -0.39 is 10.5 Å². The first-order valence-corrected chi connectivity index (χ1v) is 5.60. The number of nitrogens with zero attached hydrogens (tertiary/aromatic N) is 3. The fourth-order valence-electron chi connectivity index (χ4n) is 2.19. The molecule has 0 unspecified atom stereocenters. The van der Waals surface area contributed by atoms with Crippen LogP contribution in [0.4, 0.5) is 5.69 Å². The van der Waals surface area contributed by atoms with E-state index in [4.69, 9.17) is 0 Å². The third-order valence-corrected chi connectivity index (χ3v) is 3.27. The highest BCUT2D eigenvalue weighted by atomic mass is 16.6. The Hall–Kier alpha value is -1.47. The normalized spacial score (nSPS) is 19.2. The van der Waals surface area contributed by atoms with Crippen molar-refractivity contribution < 1.29 is 10.0 Å². The highest BCUT2D eigenvalue weighted by Gasteiger charge is 2.33. The molecule has 94 valence electrons. The predicted octanol–water partition coefficient (Wildman–Crippen LogP) is -0.0147. The Morgan fingerprint density at radius 3 is 2.88 bits per heavy atom. The lowest BCUT2D eigenvalue weighted by molar-refractivity contribution is -0.385. The third-order valence-electron chi connectivity index (χ3n) is 3.27. The van der Waals surface area contributed by atoms with Crippen LogP contribution in [0.15, 0.2) is 6.20 Å². The minimum atomic E-state index is -0.857. The van der Waals surface area contributed by atoms with Gasteiger partial charge in [-0.1, -0.05) is 0 Å². The molecule has 0 radical (unpaired) electrons. The van der Waals surface area contributed by atoms with Crippen LogP contribution in [0.3, 0.4) is 0 Å². The number of aryl methyl sites for hydroxylation is 1. The Balaban J connectivity index is 2.22. The summed E-state index contributed by atoms with van der Waals surface area (Å²) in [5.41, 5.74) is -0.386. The van der Waals surface area contributed by atoms with E-state index in [1.165, 1.54) is 10.9 Å². The zero-order chi connectivity index (χ0) is 12.5. The molecule has 0 spiro atoms. The van der Waals surface area contributed by atoms with Gasteiger partial charge >= 0.3 is 5.69 Å². The van der Waals surface area contributed by atoms with Gasteiger partial charge in [-0.15, -0.1) is 0 Å². The van der Waals surface area contributed by atoms with Crippen molar-refractivity contribution in [3.8, 4) is 0 Å². The summed E-state index contributed by atoms with van der Waals surface area (Å²) in [6, 6.07) is 0. The second-order valence-electron chi connectivity index (χ2n) is 4.51. The number of rotatable bonds is 3. The molecular weight excluding hydrogens is 224 g/mol. The average molecular weight is 240 g/mol.